The zero-order chi connectivity index (χ0) is 12.4. The third-order valence-electron chi connectivity index (χ3n) is 2.27. The Morgan fingerprint density at radius 3 is 2.25 bits per heavy atom. The number of hydrogen-bond acceptors (Lipinski definition) is 4. The molecule has 0 aromatic carbocycles. The molecular weight excluding hydrogens is 276 g/mol. The summed E-state index contributed by atoms with van der Waals surface area (Å²) in [6.07, 6.45) is 5.03. The molecule has 4 nitrogen and oxygen atoms in total. The fourth-order valence-electron chi connectivity index (χ4n) is 1.29. The average molecular weight is 295 g/mol. The van der Waals surface area contributed by atoms with Crippen LogP contribution in [0, 0.1) is 0 Å². The second-order valence-electron chi connectivity index (χ2n) is 3.52. The minimum atomic E-state index is -0.227. The van der Waals surface area contributed by atoms with E-state index in [1.54, 1.807) is 0 Å². The largest absolute Gasteiger partial charge is 0.469 e. The first-order valence-electron chi connectivity index (χ1n) is 5.40. The third kappa shape index (κ3) is 7.68. The third-order valence-corrected chi connectivity index (χ3v) is 3.10. The molecule has 0 radical (unpaired) electrons. The van der Waals surface area contributed by atoms with Crippen LogP contribution >= 0.6 is 15.9 Å². The Hall–Kier alpha value is -0.580. The van der Waals surface area contributed by atoms with Gasteiger partial charge < -0.3 is 9.47 Å². The van der Waals surface area contributed by atoms with Gasteiger partial charge in [-0.2, -0.15) is 0 Å². The van der Waals surface area contributed by atoms with Gasteiger partial charge in [0.1, 0.15) is 4.83 Å². The van der Waals surface area contributed by atoms with Crippen LogP contribution in [-0.2, 0) is 19.1 Å². The normalized spacial score (nSPS) is 11.9. The summed E-state index contributed by atoms with van der Waals surface area (Å²) in [5.74, 6) is -0.387. The van der Waals surface area contributed by atoms with Crippen LogP contribution in [0.25, 0.3) is 0 Å². The Kier molecular flexibility index (Phi) is 9.28. The first-order valence-corrected chi connectivity index (χ1v) is 6.32. The van der Waals surface area contributed by atoms with Crippen LogP contribution in [0.4, 0.5) is 0 Å². The fraction of sp³-hybridized carbons (Fsp3) is 0.818. The van der Waals surface area contributed by atoms with Crippen LogP contribution in [0.3, 0.4) is 0 Å². The van der Waals surface area contributed by atoms with Crippen LogP contribution in [-0.4, -0.2) is 31.0 Å². The highest BCUT2D eigenvalue weighted by molar-refractivity contribution is 9.10. The molecule has 1 atom stereocenters. The lowest BCUT2D eigenvalue weighted by molar-refractivity contribution is -0.141. The molecule has 0 saturated carbocycles. The van der Waals surface area contributed by atoms with E-state index >= 15 is 0 Å². The van der Waals surface area contributed by atoms with Gasteiger partial charge in [0.2, 0.25) is 0 Å². The van der Waals surface area contributed by atoms with Gasteiger partial charge in [0, 0.05) is 6.42 Å². The summed E-state index contributed by atoms with van der Waals surface area (Å²) in [7, 11) is 2.78. The lowest BCUT2D eigenvalue weighted by Crippen LogP contribution is -2.15. The molecule has 0 aromatic heterocycles. The molecule has 16 heavy (non-hydrogen) atoms. The number of carbonyl (C=O) groups is 2. The van der Waals surface area contributed by atoms with Crippen molar-refractivity contribution in [2.24, 2.45) is 0 Å². The number of unbranched alkanes of at least 4 members (excludes halogenated alkanes) is 3. The van der Waals surface area contributed by atoms with Gasteiger partial charge in [-0.1, -0.05) is 35.2 Å². The Labute approximate surface area is 105 Å². The molecule has 0 N–H and O–H groups in total. The van der Waals surface area contributed by atoms with E-state index in [1.165, 1.54) is 14.2 Å². The Bertz CT molecular complexity index is 218. The Balaban J connectivity index is 3.33. The predicted octanol–water partition coefficient (Wildman–Crippen LogP) is 2.44. The van der Waals surface area contributed by atoms with Crippen molar-refractivity contribution in [2.75, 3.05) is 14.2 Å². The number of ether oxygens (including phenoxy) is 2. The molecule has 5 heteroatoms. The van der Waals surface area contributed by atoms with Crippen molar-refractivity contribution in [3.05, 3.63) is 0 Å². The molecule has 0 aromatic rings. The van der Waals surface area contributed by atoms with Crippen molar-refractivity contribution < 1.29 is 19.1 Å². The highest BCUT2D eigenvalue weighted by Gasteiger charge is 2.13. The Morgan fingerprint density at radius 1 is 1.06 bits per heavy atom. The summed E-state index contributed by atoms with van der Waals surface area (Å²) >= 11 is 3.26. The maximum Gasteiger partial charge on any atom is 0.319 e. The van der Waals surface area contributed by atoms with E-state index in [2.05, 4.69) is 25.4 Å². The molecule has 0 heterocycles. The lowest BCUT2D eigenvalue weighted by Gasteiger charge is -2.06. The van der Waals surface area contributed by atoms with Crippen molar-refractivity contribution in [2.45, 2.75) is 43.4 Å². The maximum absolute atomic E-state index is 11.0. The van der Waals surface area contributed by atoms with Gasteiger partial charge in [0.05, 0.1) is 14.2 Å². The van der Waals surface area contributed by atoms with E-state index in [9.17, 15) is 9.59 Å². The monoisotopic (exact) mass is 294 g/mol. The summed E-state index contributed by atoms with van der Waals surface area (Å²) in [5.41, 5.74) is 0. The summed E-state index contributed by atoms with van der Waals surface area (Å²) < 4.78 is 9.12. The number of carbonyl (C=O) groups excluding carboxylic acids is 2. The zero-order valence-corrected chi connectivity index (χ0v) is 11.4. The van der Waals surface area contributed by atoms with Gasteiger partial charge in [0.25, 0.3) is 0 Å². The lowest BCUT2D eigenvalue weighted by atomic mass is 10.1. The number of rotatable bonds is 8. The van der Waals surface area contributed by atoms with E-state index in [0.29, 0.717) is 6.42 Å². The van der Waals surface area contributed by atoms with Crippen LogP contribution < -0.4 is 0 Å². The molecule has 0 amide bonds. The maximum atomic E-state index is 11.0. The van der Waals surface area contributed by atoms with Gasteiger partial charge in [-0.3, -0.25) is 9.59 Å². The van der Waals surface area contributed by atoms with Gasteiger partial charge in [-0.15, -0.1) is 0 Å². The van der Waals surface area contributed by atoms with E-state index in [0.717, 1.165) is 32.1 Å². The first-order chi connectivity index (χ1) is 7.61. The van der Waals surface area contributed by atoms with Crippen LogP contribution in [0.2, 0.25) is 0 Å². The molecule has 94 valence electrons. The first kappa shape index (κ1) is 15.4. The summed E-state index contributed by atoms with van der Waals surface area (Å²) in [5, 5.41) is 0. The topological polar surface area (TPSA) is 52.6 Å². The molecule has 0 bridgehead atoms. The number of hydrogen-bond donors (Lipinski definition) is 0. The molecule has 0 aliphatic carbocycles. The van der Waals surface area contributed by atoms with E-state index < -0.39 is 0 Å². The van der Waals surface area contributed by atoms with E-state index in [-0.39, 0.29) is 16.8 Å². The molecule has 0 aliphatic heterocycles. The molecule has 0 spiro atoms. The van der Waals surface area contributed by atoms with E-state index in [1.807, 2.05) is 0 Å². The molecular formula is C11H19BrO4. The second kappa shape index (κ2) is 9.63. The average Bonchev–Trinajstić information content (AvgIpc) is 2.31. The van der Waals surface area contributed by atoms with Crippen molar-refractivity contribution in [3.63, 3.8) is 0 Å². The summed E-state index contributed by atoms with van der Waals surface area (Å²) in [4.78, 5) is 21.6. The number of halogens is 1. The molecule has 0 rings (SSSR count). The van der Waals surface area contributed by atoms with Crippen LogP contribution in [0.15, 0.2) is 0 Å². The fourth-order valence-corrected chi connectivity index (χ4v) is 1.80. The van der Waals surface area contributed by atoms with Gasteiger partial charge in [-0.25, -0.2) is 0 Å². The van der Waals surface area contributed by atoms with Gasteiger partial charge in [0.15, 0.2) is 0 Å². The summed E-state index contributed by atoms with van der Waals surface area (Å²) in [6.45, 7) is 0. The van der Waals surface area contributed by atoms with E-state index in [4.69, 9.17) is 0 Å². The Morgan fingerprint density at radius 2 is 1.69 bits per heavy atom. The number of esters is 2. The number of methoxy groups -OCH3 is 2. The zero-order valence-electron chi connectivity index (χ0n) is 9.83. The van der Waals surface area contributed by atoms with Gasteiger partial charge >= 0.3 is 11.9 Å². The minimum Gasteiger partial charge on any atom is -0.469 e. The van der Waals surface area contributed by atoms with Crippen LogP contribution in [0.5, 0.6) is 0 Å². The standard InChI is InChI=1S/C11H19BrO4/c1-15-10(13)8-6-4-3-5-7-9(12)11(14)16-2/h9H,3-8H2,1-2H3. The van der Waals surface area contributed by atoms with Crippen LogP contribution in [0.1, 0.15) is 38.5 Å². The number of alkyl halides is 1. The molecule has 1 unspecified atom stereocenters. The highest BCUT2D eigenvalue weighted by Crippen LogP contribution is 2.13. The highest BCUT2D eigenvalue weighted by atomic mass is 79.9. The summed E-state index contributed by atoms with van der Waals surface area (Å²) in [6, 6.07) is 0. The minimum absolute atomic E-state index is 0.159. The predicted molar refractivity (Wildman–Crippen MR) is 64.4 cm³/mol. The van der Waals surface area contributed by atoms with Crippen molar-refractivity contribution in [1.82, 2.24) is 0 Å². The molecule has 0 saturated heterocycles. The smallest absolute Gasteiger partial charge is 0.319 e. The molecule has 0 aliphatic rings. The second-order valence-corrected chi connectivity index (χ2v) is 4.63. The van der Waals surface area contributed by atoms with Gasteiger partial charge in [-0.05, 0) is 12.8 Å². The quantitative estimate of drug-likeness (QED) is 0.392. The SMILES string of the molecule is COC(=O)CCCCCCC(Br)C(=O)OC. The van der Waals surface area contributed by atoms with Crippen molar-refractivity contribution in [1.29, 1.82) is 0 Å². The van der Waals surface area contributed by atoms with Crippen molar-refractivity contribution >= 4 is 27.9 Å². The van der Waals surface area contributed by atoms with Crippen molar-refractivity contribution in [3.8, 4) is 0 Å². The molecule has 0 fully saturated rings.